The van der Waals surface area contributed by atoms with Gasteiger partial charge in [0, 0.05) is 5.41 Å². The summed E-state index contributed by atoms with van der Waals surface area (Å²) in [6, 6.07) is 13.9. The van der Waals surface area contributed by atoms with E-state index in [1.807, 2.05) is 0 Å². The molecule has 0 amide bonds. The van der Waals surface area contributed by atoms with Crippen molar-refractivity contribution in [3.05, 3.63) is 58.7 Å². The number of hydrogen-bond donors (Lipinski definition) is 0. The van der Waals surface area contributed by atoms with Gasteiger partial charge in [-0.1, -0.05) is 77.9 Å². The average molecular weight is 278 g/mol. The predicted octanol–water partition coefficient (Wildman–Crippen LogP) is 6.24. The molecule has 0 spiro atoms. The van der Waals surface area contributed by atoms with Gasteiger partial charge in [-0.15, -0.1) is 0 Å². The Morgan fingerprint density at radius 2 is 1.52 bits per heavy atom. The highest BCUT2D eigenvalue weighted by molar-refractivity contribution is 5.83. The molecule has 3 rings (SSSR count). The SMILES string of the molecule is CC(C)c1ccc2c(c1)C(C)(C)c1cccc(C(C)C)c1-2. The molecule has 0 saturated heterocycles. The molecule has 0 nitrogen and oxygen atoms in total. The first-order valence-electron chi connectivity index (χ1n) is 8.12. The Labute approximate surface area is 129 Å². The van der Waals surface area contributed by atoms with Gasteiger partial charge in [-0.3, -0.25) is 0 Å². The third-order valence-electron chi connectivity index (χ3n) is 5.05. The molecule has 2 aromatic rings. The Hall–Kier alpha value is -1.56. The Bertz CT molecular complexity index is 687. The van der Waals surface area contributed by atoms with Crippen LogP contribution in [0.1, 0.15) is 75.6 Å². The number of rotatable bonds is 2. The summed E-state index contributed by atoms with van der Waals surface area (Å²) < 4.78 is 0. The second-order valence-electron chi connectivity index (χ2n) is 7.51. The molecule has 0 aliphatic heterocycles. The zero-order chi connectivity index (χ0) is 15.4. The summed E-state index contributed by atoms with van der Waals surface area (Å²) in [5, 5.41) is 0. The van der Waals surface area contributed by atoms with Crippen LogP contribution in [0.5, 0.6) is 0 Å². The van der Waals surface area contributed by atoms with Crippen molar-refractivity contribution in [3.8, 4) is 11.1 Å². The number of benzene rings is 2. The number of fused-ring (bicyclic) bond motifs is 3. The maximum Gasteiger partial charge on any atom is 0.0159 e. The fourth-order valence-electron chi connectivity index (χ4n) is 3.67. The standard InChI is InChI=1S/C21H26/c1-13(2)15-10-11-17-19(12-15)21(5,6)18-9-7-8-16(14(3)4)20(17)18/h7-14H,1-6H3. The lowest BCUT2D eigenvalue weighted by atomic mass is 9.81. The molecule has 0 N–H and O–H groups in total. The Balaban J connectivity index is 2.32. The highest BCUT2D eigenvalue weighted by Gasteiger charge is 2.37. The normalized spacial score (nSPS) is 15.4. The highest BCUT2D eigenvalue weighted by atomic mass is 14.4. The van der Waals surface area contributed by atoms with Crippen LogP contribution in [0.4, 0.5) is 0 Å². The van der Waals surface area contributed by atoms with Crippen LogP contribution in [0.2, 0.25) is 0 Å². The lowest BCUT2D eigenvalue weighted by Gasteiger charge is -2.22. The molecule has 0 heteroatoms. The van der Waals surface area contributed by atoms with Crippen LogP contribution in [0, 0.1) is 0 Å². The van der Waals surface area contributed by atoms with Crippen molar-refractivity contribution in [2.75, 3.05) is 0 Å². The molecular weight excluding hydrogens is 252 g/mol. The van der Waals surface area contributed by atoms with Gasteiger partial charge in [0.2, 0.25) is 0 Å². The number of hydrogen-bond acceptors (Lipinski definition) is 0. The summed E-state index contributed by atoms with van der Waals surface area (Å²) in [7, 11) is 0. The fourth-order valence-corrected chi connectivity index (χ4v) is 3.67. The smallest absolute Gasteiger partial charge is 0.0159 e. The van der Waals surface area contributed by atoms with E-state index in [1.54, 1.807) is 0 Å². The minimum atomic E-state index is 0.112. The molecule has 0 radical (unpaired) electrons. The lowest BCUT2D eigenvalue weighted by molar-refractivity contribution is 0.657. The molecule has 0 unspecified atom stereocenters. The van der Waals surface area contributed by atoms with Gasteiger partial charge in [-0.05, 0) is 45.2 Å². The first-order chi connectivity index (χ1) is 9.84. The first-order valence-corrected chi connectivity index (χ1v) is 8.12. The second kappa shape index (κ2) is 4.73. The summed E-state index contributed by atoms with van der Waals surface area (Å²) in [4.78, 5) is 0. The molecule has 1 aliphatic rings. The van der Waals surface area contributed by atoms with Gasteiger partial charge in [0.15, 0.2) is 0 Å². The summed E-state index contributed by atoms with van der Waals surface area (Å²) >= 11 is 0. The van der Waals surface area contributed by atoms with Crippen LogP contribution in [0.3, 0.4) is 0 Å². The van der Waals surface area contributed by atoms with Crippen molar-refractivity contribution in [1.29, 1.82) is 0 Å². The maximum atomic E-state index is 2.43. The second-order valence-corrected chi connectivity index (χ2v) is 7.51. The Morgan fingerprint density at radius 1 is 0.810 bits per heavy atom. The van der Waals surface area contributed by atoms with Crippen molar-refractivity contribution < 1.29 is 0 Å². The van der Waals surface area contributed by atoms with E-state index in [1.165, 1.54) is 33.4 Å². The molecule has 110 valence electrons. The lowest BCUT2D eigenvalue weighted by Crippen LogP contribution is -2.15. The van der Waals surface area contributed by atoms with Gasteiger partial charge in [0.1, 0.15) is 0 Å². The van der Waals surface area contributed by atoms with Gasteiger partial charge < -0.3 is 0 Å². The largest absolute Gasteiger partial charge is 0.0616 e. The molecule has 0 aromatic heterocycles. The van der Waals surface area contributed by atoms with E-state index in [9.17, 15) is 0 Å². The van der Waals surface area contributed by atoms with E-state index in [2.05, 4.69) is 77.9 Å². The van der Waals surface area contributed by atoms with Crippen molar-refractivity contribution in [2.45, 2.75) is 58.8 Å². The predicted molar refractivity (Wildman–Crippen MR) is 92.2 cm³/mol. The Morgan fingerprint density at radius 3 is 2.14 bits per heavy atom. The van der Waals surface area contributed by atoms with Crippen molar-refractivity contribution in [3.63, 3.8) is 0 Å². The zero-order valence-electron chi connectivity index (χ0n) is 14.1. The average Bonchev–Trinajstić information content (AvgIpc) is 2.67. The van der Waals surface area contributed by atoms with E-state index in [0.29, 0.717) is 11.8 Å². The summed E-state index contributed by atoms with van der Waals surface area (Å²) in [5.74, 6) is 1.14. The minimum Gasteiger partial charge on any atom is -0.0616 e. The van der Waals surface area contributed by atoms with Crippen LogP contribution in [0.25, 0.3) is 11.1 Å². The Kier molecular flexibility index (Phi) is 3.24. The molecule has 0 heterocycles. The fraction of sp³-hybridized carbons (Fsp3) is 0.429. The molecule has 1 aliphatic carbocycles. The van der Waals surface area contributed by atoms with Crippen LogP contribution < -0.4 is 0 Å². The van der Waals surface area contributed by atoms with Gasteiger partial charge in [-0.25, -0.2) is 0 Å². The van der Waals surface area contributed by atoms with E-state index in [0.717, 1.165) is 0 Å². The highest BCUT2D eigenvalue weighted by Crippen LogP contribution is 2.51. The topological polar surface area (TPSA) is 0 Å². The van der Waals surface area contributed by atoms with Gasteiger partial charge in [0.25, 0.3) is 0 Å². The van der Waals surface area contributed by atoms with E-state index in [4.69, 9.17) is 0 Å². The summed E-state index contributed by atoms with van der Waals surface area (Å²) in [6.45, 7) is 13.9. The molecule has 0 saturated carbocycles. The van der Waals surface area contributed by atoms with Crippen LogP contribution >= 0.6 is 0 Å². The first kappa shape index (κ1) is 14.4. The van der Waals surface area contributed by atoms with Crippen molar-refractivity contribution >= 4 is 0 Å². The molecular formula is C21H26. The van der Waals surface area contributed by atoms with Gasteiger partial charge >= 0.3 is 0 Å². The van der Waals surface area contributed by atoms with Crippen LogP contribution in [-0.4, -0.2) is 0 Å². The third kappa shape index (κ3) is 2.04. The van der Waals surface area contributed by atoms with E-state index in [-0.39, 0.29) is 5.41 Å². The molecule has 0 fully saturated rings. The van der Waals surface area contributed by atoms with Crippen molar-refractivity contribution in [2.24, 2.45) is 0 Å². The van der Waals surface area contributed by atoms with Crippen molar-refractivity contribution in [1.82, 2.24) is 0 Å². The molecule has 0 atom stereocenters. The molecule has 2 aromatic carbocycles. The molecule has 0 bridgehead atoms. The zero-order valence-corrected chi connectivity index (χ0v) is 14.1. The van der Waals surface area contributed by atoms with E-state index >= 15 is 0 Å². The minimum absolute atomic E-state index is 0.112. The van der Waals surface area contributed by atoms with Crippen LogP contribution in [0.15, 0.2) is 36.4 Å². The monoisotopic (exact) mass is 278 g/mol. The summed E-state index contributed by atoms with van der Waals surface area (Å²) in [5.41, 5.74) is 8.96. The maximum absolute atomic E-state index is 2.43. The van der Waals surface area contributed by atoms with Gasteiger partial charge in [-0.2, -0.15) is 0 Å². The van der Waals surface area contributed by atoms with Crippen LogP contribution in [-0.2, 0) is 5.41 Å². The van der Waals surface area contributed by atoms with E-state index < -0.39 is 0 Å². The molecule has 21 heavy (non-hydrogen) atoms. The quantitative estimate of drug-likeness (QED) is 0.610. The van der Waals surface area contributed by atoms with Gasteiger partial charge in [0.05, 0.1) is 0 Å². The third-order valence-corrected chi connectivity index (χ3v) is 5.05. The summed E-state index contributed by atoms with van der Waals surface area (Å²) in [6.07, 6.45) is 0.